The lowest BCUT2D eigenvalue weighted by Crippen LogP contribution is -2.33. The Kier molecular flexibility index (Phi) is 5.19. The van der Waals surface area contributed by atoms with Crippen LogP contribution in [0.15, 0.2) is 42.7 Å². The first-order valence-corrected chi connectivity index (χ1v) is 10.9. The molecule has 2 aliphatic heterocycles. The van der Waals surface area contributed by atoms with Crippen molar-refractivity contribution < 1.29 is 4.79 Å². The van der Waals surface area contributed by atoms with Gasteiger partial charge in [0.1, 0.15) is 11.6 Å². The summed E-state index contributed by atoms with van der Waals surface area (Å²) in [6.07, 6.45) is 5.88. The van der Waals surface area contributed by atoms with Gasteiger partial charge in [0, 0.05) is 37.4 Å². The number of nitrogens with zero attached hydrogens (tertiary/aromatic N) is 4. The van der Waals surface area contributed by atoms with Crippen LogP contribution in [0.2, 0.25) is 0 Å². The lowest BCUT2D eigenvalue weighted by molar-refractivity contribution is 0.0767. The first-order valence-electron chi connectivity index (χ1n) is 10.9. The zero-order valence-electron chi connectivity index (χ0n) is 17.8. The molecule has 1 aromatic carbocycles. The molecule has 0 aliphatic carbocycles. The Morgan fingerprint density at radius 2 is 1.94 bits per heavy atom. The Labute approximate surface area is 182 Å². The van der Waals surface area contributed by atoms with Gasteiger partial charge in [-0.05, 0) is 73.6 Å². The van der Waals surface area contributed by atoms with Crippen LogP contribution in [-0.4, -0.2) is 52.4 Å². The van der Waals surface area contributed by atoms with Gasteiger partial charge in [-0.15, -0.1) is 0 Å². The Morgan fingerprint density at radius 1 is 1.13 bits per heavy atom. The van der Waals surface area contributed by atoms with E-state index in [9.17, 15) is 4.79 Å². The topological polar surface area (TPSA) is 87.4 Å². The van der Waals surface area contributed by atoms with Crippen molar-refractivity contribution in [3.05, 3.63) is 59.4 Å². The molecule has 3 N–H and O–H groups in total. The van der Waals surface area contributed by atoms with Crippen LogP contribution in [0.25, 0.3) is 10.8 Å². The number of rotatable bonds is 5. The Hall–Kier alpha value is -3.19. The molecule has 31 heavy (non-hydrogen) atoms. The van der Waals surface area contributed by atoms with E-state index in [1.54, 1.807) is 12.4 Å². The number of amides is 1. The van der Waals surface area contributed by atoms with E-state index in [1.807, 2.05) is 29.2 Å². The molecule has 1 amide bonds. The SMILES string of the molecule is CN1CCC(CNc2nccc3c2C(=O)N(Cc2ccc4c(N)nccc4c2)C3)CC1. The molecule has 0 unspecified atom stereocenters. The number of carbonyl (C=O) groups excluding carboxylic acids is 1. The van der Waals surface area contributed by atoms with Crippen LogP contribution in [-0.2, 0) is 13.1 Å². The molecule has 1 fully saturated rings. The monoisotopic (exact) mass is 416 g/mol. The third-order valence-electron chi connectivity index (χ3n) is 6.53. The summed E-state index contributed by atoms with van der Waals surface area (Å²) in [5, 5.41) is 5.45. The van der Waals surface area contributed by atoms with E-state index >= 15 is 0 Å². The molecule has 5 rings (SSSR count). The van der Waals surface area contributed by atoms with E-state index in [-0.39, 0.29) is 5.91 Å². The van der Waals surface area contributed by atoms with Crippen molar-refractivity contribution in [1.82, 2.24) is 19.8 Å². The van der Waals surface area contributed by atoms with Crippen molar-refractivity contribution in [1.29, 1.82) is 0 Å². The smallest absolute Gasteiger partial charge is 0.258 e. The number of pyridine rings is 2. The van der Waals surface area contributed by atoms with Gasteiger partial charge in [-0.3, -0.25) is 4.79 Å². The largest absolute Gasteiger partial charge is 0.383 e. The van der Waals surface area contributed by atoms with Crippen molar-refractivity contribution in [2.75, 3.05) is 37.7 Å². The van der Waals surface area contributed by atoms with Gasteiger partial charge in [0.25, 0.3) is 5.91 Å². The van der Waals surface area contributed by atoms with E-state index in [0.717, 1.165) is 52.9 Å². The number of likely N-dealkylation sites (tertiary alicyclic amines) is 1. The molecule has 3 aromatic rings. The van der Waals surface area contributed by atoms with Gasteiger partial charge in [-0.1, -0.05) is 12.1 Å². The molecule has 0 bridgehead atoms. The molecule has 2 aromatic heterocycles. The van der Waals surface area contributed by atoms with Crippen LogP contribution in [0.4, 0.5) is 11.6 Å². The number of anilines is 2. The second kappa shape index (κ2) is 8.15. The lowest BCUT2D eigenvalue weighted by Gasteiger charge is -2.29. The summed E-state index contributed by atoms with van der Waals surface area (Å²) in [7, 11) is 2.17. The van der Waals surface area contributed by atoms with E-state index < -0.39 is 0 Å². The number of piperidine rings is 1. The molecule has 7 heteroatoms. The minimum absolute atomic E-state index is 0.0447. The predicted octanol–water partition coefficient (Wildman–Crippen LogP) is 3.12. The highest BCUT2D eigenvalue weighted by atomic mass is 16.2. The standard InChI is InChI=1S/C24H28N6O/c1-29-10-6-16(7-11-29)13-28-23-21-19(5-9-27-23)15-30(24(21)31)14-17-2-3-20-18(12-17)4-8-26-22(20)25/h2-5,8-9,12,16H,6-7,10-11,13-15H2,1H3,(H2,25,26)(H,27,28). The van der Waals surface area contributed by atoms with E-state index in [0.29, 0.717) is 24.8 Å². The van der Waals surface area contributed by atoms with Crippen LogP contribution in [0.3, 0.4) is 0 Å². The quantitative estimate of drug-likeness (QED) is 0.665. The molecule has 0 radical (unpaired) electrons. The number of nitrogen functional groups attached to an aromatic ring is 1. The molecule has 160 valence electrons. The van der Waals surface area contributed by atoms with E-state index in [1.165, 1.54) is 12.8 Å². The summed E-state index contributed by atoms with van der Waals surface area (Å²) in [5.74, 6) is 1.92. The minimum atomic E-state index is 0.0447. The maximum Gasteiger partial charge on any atom is 0.258 e. The Morgan fingerprint density at radius 3 is 2.77 bits per heavy atom. The normalized spacial score (nSPS) is 17.3. The average molecular weight is 417 g/mol. The number of hydrogen-bond acceptors (Lipinski definition) is 6. The van der Waals surface area contributed by atoms with Crippen molar-refractivity contribution >= 4 is 28.3 Å². The molecule has 0 spiro atoms. The number of benzene rings is 1. The zero-order chi connectivity index (χ0) is 21.4. The van der Waals surface area contributed by atoms with Crippen LogP contribution >= 0.6 is 0 Å². The first-order chi connectivity index (χ1) is 15.1. The molecule has 4 heterocycles. The van der Waals surface area contributed by atoms with Crippen LogP contribution < -0.4 is 11.1 Å². The first kappa shape index (κ1) is 19.8. The second-order valence-corrected chi connectivity index (χ2v) is 8.73. The van der Waals surface area contributed by atoms with Gasteiger partial charge in [0.05, 0.1) is 5.56 Å². The number of hydrogen-bond donors (Lipinski definition) is 2. The second-order valence-electron chi connectivity index (χ2n) is 8.73. The third-order valence-corrected chi connectivity index (χ3v) is 6.53. The van der Waals surface area contributed by atoms with Crippen molar-refractivity contribution in [3.8, 4) is 0 Å². The van der Waals surface area contributed by atoms with Crippen molar-refractivity contribution in [2.45, 2.75) is 25.9 Å². The molecule has 2 aliphatic rings. The fourth-order valence-electron chi connectivity index (χ4n) is 4.65. The van der Waals surface area contributed by atoms with Crippen LogP contribution in [0.1, 0.15) is 34.3 Å². The maximum absolute atomic E-state index is 13.2. The summed E-state index contributed by atoms with van der Waals surface area (Å²) in [6, 6.07) is 10.00. The molecular weight excluding hydrogens is 388 g/mol. The zero-order valence-corrected chi connectivity index (χ0v) is 17.8. The van der Waals surface area contributed by atoms with E-state index in [2.05, 4.69) is 33.3 Å². The predicted molar refractivity (Wildman–Crippen MR) is 123 cm³/mol. The molecule has 7 nitrogen and oxygen atoms in total. The van der Waals surface area contributed by atoms with E-state index in [4.69, 9.17) is 5.73 Å². The number of fused-ring (bicyclic) bond motifs is 2. The van der Waals surface area contributed by atoms with Gasteiger partial charge >= 0.3 is 0 Å². The van der Waals surface area contributed by atoms with Gasteiger partial charge in [0.2, 0.25) is 0 Å². The maximum atomic E-state index is 13.2. The minimum Gasteiger partial charge on any atom is -0.383 e. The van der Waals surface area contributed by atoms with Crippen LogP contribution in [0.5, 0.6) is 0 Å². The summed E-state index contributed by atoms with van der Waals surface area (Å²) >= 11 is 0. The van der Waals surface area contributed by atoms with Crippen molar-refractivity contribution in [3.63, 3.8) is 0 Å². The lowest BCUT2D eigenvalue weighted by atomic mass is 9.97. The number of carbonyl (C=O) groups is 1. The average Bonchev–Trinajstić information content (AvgIpc) is 3.09. The highest BCUT2D eigenvalue weighted by Crippen LogP contribution is 2.30. The fraction of sp³-hybridized carbons (Fsp3) is 0.375. The number of nitrogens with two attached hydrogens (primary N) is 1. The van der Waals surface area contributed by atoms with Crippen molar-refractivity contribution in [2.24, 2.45) is 5.92 Å². The Balaban J connectivity index is 1.30. The molecule has 0 atom stereocenters. The highest BCUT2D eigenvalue weighted by molar-refractivity contribution is 6.02. The Bertz CT molecular complexity index is 1120. The van der Waals surface area contributed by atoms with Gasteiger partial charge < -0.3 is 20.9 Å². The number of nitrogens with one attached hydrogen (secondary N) is 1. The number of aromatic nitrogens is 2. The molecular formula is C24H28N6O. The fourth-order valence-corrected chi connectivity index (χ4v) is 4.65. The summed E-state index contributed by atoms with van der Waals surface area (Å²) < 4.78 is 0. The van der Waals surface area contributed by atoms with Gasteiger partial charge in [-0.2, -0.15) is 0 Å². The highest BCUT2D eigenvalue weighted by Gasteiger charge is 2.31. The summed E-state index contributed by atoms with van der Waals surface area (Å²) in [4.78, 5) is 26.1. The van der Waals surface area contributed by atoms with Gasteiger partial charge in [-0.25, -0.2) is 9.97 Å². The summed E-state index contributed by atoms with van der Waals surface area (Å²) in [5.41, 5.74) is 8.81. The van der Waals surface area contributed by atoms with Crippen LogP contribution in [0, 0.1) is 5.92 Å². The summed E-state index contributed by atoms with van der Waals surface area (Å²) in [6.45, 7) is 4.29. The molecule has 0 saturated carbocycles. The van der Waals surface area contributed by atoms with Gasteiger partial charge in [0.15, 0.2) is 0 Å². The third kappa shape index (κ3) is 3.93. The molecule has 1 saturated heterocycles.